The second-order valence-corrected chi connectivity index (χ2v) is 13.9. The Morgan fingerprint density at radius 2 is 1.50 bits per heavy atom. The summed E-state index contributed by atoms with van der Waals surface area (Å²) in [6, 6.07) is 26.7. The van der Waals surface area contributed by atoms with E-state index in [9.17, 15) is 22.4 Å². The van der Waals surface area contributed by atoms with Gasteiger partial charge in [0.2, 0.25) is 11.8 Å². The minimum atomic E-state index is -4.24. The molecule has 46 heavy (non-hydrogen) atoms. The average Bonchev–Trinajstić information content (AvgIpc) is 3.56. The van der Waals surface area contributed by atoms with Crippen LogP contribution in [-0.4, -0.2) is 43.8 Å². The van der Waals surface area contributed by atoms with Crippen LogP contribution in [0.15, 0.2) is 108 Å². The van der Waals surface area contributed by atoms with Gasteiger partial charge in [-0.2, -0.15) is 0 Å². The average molecular weight is 662 g/mol. The number of anilines is 1. The molecule has 5 rings (SSSR count). The molecule has 0 bridgehead atoms. The van der Waals surface area contributed by atoms with Crippen LogP contribution in [0.1, 0.15) is 42.4 Å². The molecular formula is C36H37ClFN3O4S. The van der Waals surface area contributed by atoms with Gasteiger partial charge in [0.1, 0.15) is 18.4 Å². The molecule has 4 aromatic carbocycles. The molecule has 2 amide bonds. The molecule has 1 unspecified atom stereocenters. The summed E-state index contributed by atoms with van der Waals surface area (Å²) in [7, 11) is -4.24. The van der Waals surface area contributed by atoms with Crippen molar-refractivity contribution in [2.75, 3.05) is 10.8 Å². The van der Waals surface area contributed by atoms with E-state index in [1.165, 1.54) is 41.3 Å². The number of aryl methyl sites for hydroxylation is 1. The van der Waals surface area contributed by atoms with Crippen molar-refractivity contribution in [3.8, 4) is 0 Å². The Morgan fingerprint density at radius 3 is 2.13 bits per heavy atom. The minimum Gasteiger partial charge on any atom is -0.352 e. The summed E-state index contributed by atoms with van der Waals surface area (Å²) in [5.41, 5.74) is 2.66. The molecule has 10 heteroatoms. The highest BCUT2D eigenvalue weighted by Crippen LogP contribution is 2.27. The van der Waals surface area contributed by atoms with E-state index >= 15 is 0 Å². The molecule has 240 valence electrons. The number of halogens is 2. The van der Waals surface area contributed by atoms with Gasteiger partial charge >= 0.3 is 0 Å². The lowest BCUT2D eigenvalue weighted by Gasteiger charge is -2.34. The molecule has 1 aliphatic carbocycles. The monoisotopic (exact) mass is 661 g/mol. The van der Waals surface area contributed by atoms with Gasteiger partial charge in [0, 0.05) is 24.0 Å². The van der Waals surface area contributed by atoms with Crippen molar-refractivity contribution in [2.45, 2.75) is 62.6 Å². The van der Waals surface area contributed by atoms with Gasteiger partial charge in [-0.1, -0.05) is 84.6 Å². The lowest BCUT2D eigenvalue weighted by atomic mass is 10.0. The molecule has 0 spiro atoms. The lowest BCUT2D eigenvalue weighted by Crippen LogP contribution is -2.54. The highest BCUT2D eigenvalue weighted by Gasteiger charge is 2.35. The fourth-order valence-electron chi connectivity index (χ4n) is 5.68. The third-order valence-electron chi connectivity index (χ3n) is 8.24. The quantitative estimate of drug-likeness (QED) is 0.184. The van der Waals surface area contributed by atoms with E-state index in [0.717, 1.165) is 41.1 Å². The van der Waals surface area contributed by atoms with E-state index in [1.807, 2.05) is 37.3 Å². The standard InChI is InChI=1S/C36H37ClFN3O4S/c1-26-11-19-32(20-12-26)41(46(44,45)33-21-15-29(37)16-22-33)25-35(42)40(24-28-13-17-30(38)18-14-28)34(23-27-7-3-2-4-8-27)36(43)39-31-9-5-6-10-31/h2-4,7-8,11-22,31,34H,5-6,9-10,23-25H2,1H3,(H,39,43). The maximum atomic E-state index is 14.5. The summed E-state index contributed by atoms with van der Waals surface area (Å²) in [6.07, 6.45) is 3.95. The van der Waals surface area contributed by atoms with Crippen molar-refractivity contribution in [1.29, 1.82) is 0 Å². The fraction of sp³-hybridized carbons (Fsp3) is 0.278. The van der Waals surface area contributed by atoms with Gasteiger partial charge in [0.05, 0.1) is 10.6 Å². The van der Waals surface area contributed by atoms with Crippen LogP contribution in [0.25, 0.3) is 0 Å². The zero-order valence-corrected chi connectivity index (χ0v) is 27.2. The smallest absolute Gasteiger partial charge is 0.264 e. The molecule has 0 aliphatic heterocycles. The lowest BCUT2D eigenvalue weighted by molar-refractivity contribution is -0.140. The van der Waals surface area contributed by atoms with Gasteiger partial charge < -0.3 is 10.2 Å². The van der Waals surface area contributed by atoms with Crippen molar-refractivity contribution >= 4 is 39.1 Å². The Labute approximate surface area is 275 Å². The second kappa shape index (κ2) is 14.9. The molecule has 0 aromatic heterocycles. The van der Waals surface area contributed by atoms with E-state index in [-0.39, 0.29) is 29.8 Å². The zero-order chi connectivity index (χ0) is 32.7. The Balaban J connectivity index is 1.55. The summed E-state index contributed by atoms with van der Waals surface area (Å²) >= 11 is 6.05. The van der Waals surface area contributed by atoms with Gasteiger partial charge in [0.25, 0.3) is 10.0 Å². The Hall–Kier alpha value is -4.21. The van der Waals surface area contributed by atoms with Gasteiger partial charge in [-0.05, 0) is 79.4 Å². The number of sulfonamides is 1. The van der Waals surface area contributed by atoms with E-state index in [2.05, 4.69) is 5.32 Å². The van der Waals surface area contributed by atoms with Crippen molar-refractivity contribution in [3.05, 3.63) is 131 Å². The summed E-state index contributed by atoms with van der Waals surface area (Å²) < 4.78 is 43.1. The second-order valence-electron chi connectivity index (χ2n) is 11.6. The molecule has 1 aliphatic rings. The Bertz CT molecular complexity index is 1730. The Morgan fingerprint density at radius 1 is 0.870 bits per heavy atom. The van der Waals surface area contributed by atoms with Crippen LogP contribution in [-0.2, 0) is 32.6 Å². The molecule has 7 nitrogen and oxygen atoms in total. The maximum Gasteiger partial charge on any atom is 0.264 e. The molecule has 1 fully saturated rings. The third kappa shape index (κ3) is 8.33. The number of nitrogens with zero attached hydrogens (tertiary/aromatic N) is 2. The molecule has 4 aromatic rings. The van der Waals surface area contributed by atoms with Gasteiger partial charge in [0.15, 0.2) is 0 Å². The largest absolute Gasteiger partial charge is 0.352 e. The SMILES string of the molecule is Cc1ccc(N(CC(=O)N(Cc2ccc(F)cc2)C(Cc2ccccc2)C(=O)NC2CCCC2)S(=O)(=O)c2ccc(Cl)cc2)cc1. The molecule has 1 saturated carbocycles. The van der Waals surface area contributed by atoms with Crippen LogP contribution in [0.2, 0.25) is 5.02 Å². The number of carbonyl (C=O) groups excluding carboxylic acids is 2. The van der Waals surface area contributed by atoms with Crippen molar-refractivity contribution in [2.24, 2.45) is 0 Å². The van der Waals surface area contributed by atoms with Gasteiger partial charge in [-0.3, -0.25) is 13.9 Å². The topological polar surface area (TPSA) is 86.8 Å². The summed E-state index contributed by atoms with van der Waals surface area (Å²) in [5.74, 6) is -1.32. The summed E-state index contributed by atoms with van der Waals surface area (Å²) in [5, 5.41) is 3.52. The summed E-state index contributed by atoms with van der Waals surface area (Å²) in [4.78, 5) is 29.9. The first kappa shape index (κ1) is 33.2. The molecule has 0 radical (unpaired) electrons. The predicted molar refractivity (Wildman–Crippen MR) is 178 cm³/mol. The zero-order valence-electron chi connectivity index (χ0n) is 25.6. The number of hydrogen-bond donors (Lipinski definition) is 1. The van der Waals surface area contributed by atoms with Crippen LogP contribution >= 0.6 is 11.6 Å². The molecule has 1 N–H and O–H groups in total. The molecule has 1 atom stereocenters. The number of hydrogen-bond acceptors (Lipinski definition) is 4. The number of carbonyl (C=O) groups is 2. The van der Waals surface area contributed by atoms with E-state index in [1.54, 1.807) is 36.4 Å². The van der Waals surface area contributed by atoms with Crippen LogP contribution in [0, 0.1) is 12.7 Å². The molecular weight excluding hydrogens is 625 g/mol. The van der Waals surface area contributed by atoms with Crippen LogP contribution in [0.3, 0.4) is 0 Å². The van der Waals surface area contributed by atoms with E-state index in [4.69, 9.17) is 11.6 Å². The number of nitrogens with one attached hydrogen (secondary N) is 1. The number of benzene rings is 4. The predicted octanol–water partition coefficient (Wildman–Crippen LogP) is 6.68. The normalized spacial score (nSPS) is 14.1. The maximum absolute atomic E-state index is 14.5. The van der Waals surface area contributed by atoms with Crippen molar-refractivity contribution < 1.29 is 22.4 Å². The highest BCUT2D eigenvalue weighted by molar-refractivity contribution is 7.92. The highest BCUT2D eigenvalue weighted by atomic mass is 35.5. The van der Waals surface area contributed by atoms with Gasteiger partial charge in [-0.25, -0.2) is 12.8 Å². The number of amides is 2. The summed E-state index contributed by atoms with van der Waals surface area (Å²) in [6.45, 7) is 1.28. The first-order chi connectivity index (χ1) is 22.1. The Kier molecular flexibility index (Phi) is 10.8. The van der Waals surface area contributed by atoms with Crippen LogP contribution < -0.4 is 9.62 Å². The molecule has 0 heterocycles. The van der Waals surface area contributed by atoms with Gasteiger partial charge in [-0.15, -0.1) is 0 Å². The first-order valence-corrected chi connectivity index (χ1v) is 17.1. The minimum absolute atomic E-state index is 0.00267. The third-order valence-corrected chi connectivity index (χ3v) is 10.3. The van der Waals surface area contributed by atoms with Crippen molar-refractivity contribution in [3.63, 3.8) is 0 Å². The van der Waals surface area contributed by atoms with Crippen LogP contribution in [0.5, 0.6) is 0 Å². The van der Waals surface area contributed by atoms with Crippen molar-refractivity contribution in [1.82, 2.24) is 10.2 Å². The number of rotatable bonds is 12. The van der Waals surface area contributed by atoms with Crippen LogP contribution in [0.4, 0.5) is 10.1 Å². The van der Waals surface area contributed by atoms with E-state index in [0.29, 0.717) is 16.3 Å². The fourth-order valence-corrected chi connectivity index (χ4v) is 7.22. The van der Waals surface area contributed by atoms with E-state index < -0.39 is 34.3 Å². The molecule has 0 saturated heterocycles. The first-order valence-electron chi connectivity index (χ1n) is 15.3.